The van der Waals surface area contributed by atoms with Gasteiger partial charge >= 0.3 is 0 Å². The maximum atomic E-state index is 13.6. The lowest BCUT2D eigenvalue weighted by Crippen LogP contribution is -1.84. The lowest BCUT2D eigenvalue weighted by atomic mass is 10.2. The van der Waals surface area contributed by atoms with Crippen molar-refractivity contribution in [2.45, 2.75) is 0 Å². The highest BCUT2D eigenvalue weighted by atomic mass is 79.9. The summed E-state index contributed by atoms with van der Waals surface area (Å²) < 4.78 is 20.0. The van der Waals surface area contributed by atoms with Crippen LogP contribution < -0.4 is 5.73 Å². The lowest BCUT2D eigenvalue weighted by Gasteiger charge is -1.96. The molecule has 0 bridgehead atoms. The number of oxazole rings is 1. The number of nitrogen functional groups attached to an aromatic ring is 1. The number of halogens is 2. The molecule has 0 radical (unpaired) electrons. The minimum absolute atomic E-state index is 0.230. The average Bonchev–Trinajstić information content (AvgIpc) is 2.73. The Balaban J connectivity index is 2.26. The molecule has 3 aromatic rings. The van der Waals surface area contributed by atoms with Crippen LogP contribution >= 0.6 is 15.9 Å². The highest BCUT2D eigenvalue weighted by molar-refractivity contribution is 9.10. The summed E-state index contributed by atoms with van der Waals surface area (Å²) >= 11 is 3.33. The van der Waals surface area contributed by atoms with Gasteiger partial charge in [-0.3, -0.25) is 0 Å². The minimum Gasteiger partial charge on any atom is -0.434 e. The number of nitrogens with zero attached hydrogens (tertiary/aromatic N) is 1. The summed E-state index contributed by atoms with van der Waals surface area (Å²) in [6.45, 7) is 0. The van der Waals surface area contributed by atoms with Crippen molar-refractivity contribution >= 4 is 32.7 Å². The van der Waals surface area contributed by atoms with Crippen molar-refractivity contribution in [1.29, 1.82) is 0 Å². The van der Waals surface area contributed by atoms with Gasteiger partial charge in [0.2, 0.25) is 5.89 Å². The van der Waals surface area contributed by atoms with E-state index in [2.05, 4.69) is 20.9 Å². The van der Waals surface area contributed by atoms with E-state index in [0.717, 1.165) is 4.47 Å². The topological polar surface area (TPSA) is 52.0 Å². The van der Waals surface area contributed by atoms with Gasteiger partial charge in [0.15, 0.2) is 5.58 Å². The van der Waals surface area contributed by atoms with Gasteiger partial charge in [-0.15, -0.1) is 0 Å². The van der Waals surface area contributed by atoms with E-state index >= 15 is 0 Å². The van der Waals surface area contributed by atoms with Crippen molar-refractivity contribution in [3.05, 3.63) is 46.7 Å². The van der Waals surface area contributed by atoms with E-state index in [1.807, 2.05) is 0 Å². The molecule has 0 saturated heterocycles. The van der Waals surface area contributed by atoms with E-state index in [9.17, 15) is 4.39 Å². The Morgan fingerprint density at radius 3 is 2.78 bits per heavy atom. The molecule has 2 N–H and O–H groups in total. The Bertz CT molecular complexity index is 739. The van der Waals surface area contributed by atoms with Crippen molar-refractivity contribution in [1.82, 2.24) is 4.98 Å². The minimum atomic E-state index is -0.373. The predicted molar refractivity (Wildman–Crippen MR) is 71.5 cm³/mol. The number of anilines is 1. The summed E-state index contributed by atoms with van der Waals surface area (Å²) in [7, 11) is 0. The second-order valence-corrected chi connectivity index (χ2v) is 4.76. The number of hydrogen-bond acceptors (Lipinski definition) is 3. The molecule has 2 aromatic carbocycles. The fourth-order valence-corrected chi connectivity index (χ4v) is 2.24. The van der Waals surface area contributed by atoms with Crippen molar-refractivity contribution < 1.29 is 8.81 Å². The van der Waals surface area contributed by atoms with Crippen LogP contribution in [0.2, 0.25) is 0 Å². The molecule has 18 heavy (non-hydrogen) atoms. The first-order chi connectivity index (χ1) is 8.65. The molecule has 0 aliphatic carbocycles. The van der Waals surface area contributed by atoms with E-state index in [1.54, 1.807) is 30.3 Å². The Hall–Kier alpha value is -1.88. The molecular formula is C13H8BrFN2O. The SMILES string of the molecule is Nc1cc(Br)cc2nc(-c3ccccc3F)oc12. The van der Waals surface area contributed by atoms with Crippen LogP contribution in [-0.2, 0) is 0 Å². The highest BCUT2D eigenvalue weighted by Gasteiger charge is 2.14. The molecule has 0 fully saturated rings. The van der Waals surface area contributed by atoms with E-state index in [-0.39, 0.29) is 11.7 Å². The first-order valence-corrected chi connectivity index (χ1v) is 6.05. The van der Waals surface area contributed by atoms with Gasteiger partial charge < -0.3 is 10.2 Å². The average molecular weight is 307 g/mol. The summed E-state index contributed by atoms with van der Waals surface area (Å²) in [5.41, 5.74) is 7.69. The Morgan fingerprint density at radius 1 is 1.22 bits per heavy atom. The van der Waals surface area contributed by atoms with Crippen molar-refractivity contribution in [2.75, 3.05) is 5.73 Å². The largest absolute Gasteiger partial charge is 0.434 e. The number of nitrogens with two attached hydrogens (primary N) is 1. The molecule has 0 spiro atoms. The lowest BCUT2D eigenvalue weighted by molar-refractivity contribution is 0.594. The quantitative estimate of drug-likeness (QED) is 0.692. The number of aromatic nitrogens is 1. The van der Waals surface area contributed by atoms with Crippen LogP contribution in [0.4, 0.5) is 10.1 Å². The van der Waals surface area contributed by atoms with Crippen LogP contribution in [0.1, 0.15) is 0 Å². The van der Waals surface area contributed by atoms with Gasteiger partial charge in [0.1, 0.15) is 11.3 Å². The molecule has 0 unspecified atom stereocenters. The highest BCUT2D eigenvalue weighted by Crippen LogP contribution is 2.31. The third-order valence-corrected chi connectivity index (χ3v) is 3.05. The molecule has 0 saturated carbocycles. The summed E-state index contributed by atoms with van der Waals surface area (Å²) in [4.78, 5) is 4.25. The fraction of sp³-hybridized carbons (Fsp3) is 0. The fourth-order valence-electron chi connectivity index (χ4n) is 1.77. The summed E-state index contributed by atoms with van der Waals surface area (Å²) in [5.74, 6) is -0.144. The molecular weight excluding hydrogens is 299 g/mol. The number of rotatable bonds is 1. The summed E-state index contributed by atoms with van der Waals surface area (Å²) in [6, 6.07) is 9.83. The van der Waals surface area contributed by atoms with Gasteiger partial charge in [-0.25, -0.2) is 9.37 Å². The Labute approximate surface area is 111 Å². The first kappa shape index (κ1) is 11.2. The van der Waals surface area contributed by atoms with Crippen LogP contribution in [0.5, 0.6) is 0 Å². The second-order valence-electron chi connectivity index (χ2n) is 3.84. The van der Waals surface area contributed by atoms with Crippen molar-refractivity contribution in [3.63, 3.8) is 0 Å². The van der Waals surface area contributed by atoms with E-state index in [1.165, 1.54) is 6.07 Å². The first-order valence-electron chi connectivity index (χ1n) is 5.25. The summed E-state index contributed by atoms with van der Waals surface area (Å²) in [5, 5.41) is 0. The van der Waals surface area contributed by atoms with E-state index in [0.29, 0.717) is 22.4 Å². The molecule has 90 valence electrons. The molecule has 3 nitrogen and oxygen atoms in total. The number of benzene rings is 2. The van der Waals surface area contributed by atoms with Gasteiger partial charge in [0.25, 0.3) is 0 Å². The molecule has 0 aliphatic heterocycles. The molecule has 0 amide bonds. The third kappa shape index (κ3) is 1.76. The summed E-state index contributed by atoms with van der Waals surface area (Å²) in [6.07, 6.45) is 0. The molecule has 0 atom stereocenters. The van der Waals surface area contributed by atoms with E-state index in [4.69, 9.17) is 10.2 Å². The molecule has 1 aromatic heterocycles. The van der Waals surface area contributed by atoms with E-state index < -0.39 is 0 Å². The number of hydrogen-bond donors (Lipinski definition) is 1. The standard InChI is InChI=1S/C13H8BrFN2O/c14-7-5-10(16)12-11(6-7)17-13(18-12)8-3-1-2-4-9(8)15/h1-6H,16H2. The van der Waals surface area contributed by atoms with Gasteiger partial charge in [0, 0.05) is 4.47 Å². The molecule has 5 heteroatoms. The normalized spacial score (nSPS) is 11.0. The zero-order valence-corrected chi connectivity index (χ0v) is 10.7. The van der Waals surface area contributed by atoms with Gasteiger partial charge in [-0.1, -0.05) is 28.1 Å². The molecule has 1 heterocycles. The Morgan fingerprint density at radius 2 is 2.00 bits per heavy atom. The number of fused-ring (bicyclic) bond motifs is 1. The molecule has 0 aliphatic rings. The van der Waals surface area contributed by atoms with Crippen LogP contribution in [-0.4, -0.2) is 4.98 Å². The van der Waals surface area contributed by atoms with Crippen LogP contribution in [0, 0.1) is 5.82 Å². The van der Waals surface area contributed by atoms with Gasteiger partial charge in [-0.2, -0.15) is 0 Å². The Kier molecular flexibility index (Phi) is 2.56. The zero-order chi connectivity index (χ0) is 12.7. The monoisotopic (exact) mass is 306 g/mol. The maximum absolute atomic E-state index is 13.6. The van der Waals surface area contributed by atoms with Crippen LogP contribution in [0.15, 0.2) is 45.3 Å². The molecule has 3 rings (SSSR count). The van der Waals surface area contributed by atoms with Gasteiger partial charge in [-0.05, 0) is 24.3 Å². The smallest absolute Gasteiger partial charge is 0.230 e. The third-order valence-electron chi connectivity index (χ3n) is 2.59. The van der Waals surface area contributed by atoms with Gasteiger partial charge in [0.05, 0.1) is 11.3 Å². The van der Waals surface area contributed by atoms with Crippen molar-refractivity contribution in [2.24, 2.45) is 0 Å². The van der Waals surface area contributed by atoms with Crippen LogP contribution in [0.3, 0.4) is 0 Å². The predicted octanol–water partition coefficient (Wildman–Crippen LogP) is 3.98. The van der Waals surface area contributed by atoms with Crippen molar-refractivity contribution in [3.8, 4) is 11.5 Å². The van der Waals surface area contributed by atoms with Crippen LogP contribution in [0.25, 0.3) is 22.6 Å². The second kappa shape index (κ2) is 4.10. The maximum Gasteiger partial charge on any atom is 0.230 e. The zero-order valence-electron chi connectivity index (χ0n) is 9.15.